The van der Waals surface area contributed by atoms with E-state index in [0.717, 1.165) is 16.4 Å². The standard InChI is InChI=1S/C9H11BrN2O.C5H5BrN2.C3H6ClNO.C2H4I2.C2H5I.C2H6/c1-12(2)9(13)4-7-3-8(10)6-11-5-7;6-4-1-5(7)3-8-2-4;1-5(2)3(4)6;1-2(3)4;1-2-3;1-2/h3,5-6H,4H2,1-2H3;1-3H,7H2;1-2H3;2H,1H3;2H2,1H3;1-2H3. The maximum Gasteiger partial charge on any atom is 0.315 e. The Morgan fingerprint density at radius 1 is 0.972 bits per heavy atom. The van der Waals surface area contributed by atoms with Gasteiger partial charge in [0.05, 0.1) is 14.0 Å². The lowest BCUT2D eigenvalue weighted by Crippen LogP contribution is -2.23. The molecule has 0 radical (unpaired) electrons. The van der Waals surface area contributed by atoms with Crippen LogP contribution in [0.5, 0.6) is 0 Å². The summed E-state index contributed by atoms with van der Waals surface area (Å²) in [6.45, 7) is 8.25. The normalized spacial score (nSPS) is 8.53. The van der Waals surface area contributed by atoms with E-state index < -0.39 is 5.37 Å². The highest BCUT2D eigenvalue weighted by Gasteiger charge is 2.05. The topological polar surface area (TPSA) is 92.4 Å². The number of carbonyl (C=O) groups excluding carboxylic acids is 2. The number of hydrogen-bond donors (Lipinski definition) is 1. The van der Waals surface area contributed by atoms with Crippen molar-refractivity contribution in [1.82, 2.24) is 19.8 Å². The van der Waals surface area contributed by atoms with Gasteiger partial charge in [-0.2, -0.15) is 0 Å². The Morgan fingerprint density at radius 2 is 1.33 bits per heavy atom. The van der Waals surface area contributed by atoms with E-state index in [1.54, 1.807) is 63.9 Å². The molecule has 0 saturated carbocycles. The molecule has 0 aliphatic heterocycles. The number of anilines is 1. The van der Waals surface area contributed by atoms with E-state index in [1.165, 1.54) is 9.33 Å². The Morgan fingerprint density at radius 3 is 1.58 bits per heavy atom. The minimum absolute atomic E-state index is 0.0832. The maximum absolute atomic E-state index is 11.3. The lowest BCUT2D eigenvalue weighted by Gasteiger charge is -2.09. The largest absolute Gasteiger partial charge is 0.397 e. The number of alkyl halides is 3. The zero-order valence-corrected chi connectivity index (χ0v) is 32.3. The molecule has 0 aliphatic rings. The van der Waals surface area contributed by atoms with Crippen molar-refractivity contribution in [1.29, 1.82) is 0 Å². The van der Waals surface area contributed by atoms with Crippen LogP contribution in [0.4, 0.5) is 10.5 Å². The third-order valence-corrected chi connectivity index (χ3v) is 3.90. The first kappa shape index (κ1) is 43.5. The number of pyridine rings is 2. The molecular weight excluding hydrogens is 954 g/mol. The summed E-state index contributed by atoms with van der Waals surface area (Å²) in [7, 11) is 6.67. The minimum Gasteiger partial charge on any atom is -0.397 e. The monoisotopic (exact) mass is 989 g/mol. The smallest absolute Gasteiger partial charge is 0.315 e. The Hall–Kier alpha value is 0.480. The molecule has 2 heterocycles. The molecule has 208 valence electrons. The maximum atomic E-state index is 11.3. The van der Waals surface area contributed by atoms with Crippen LogP contribution in [-0.2, 0) is 11.2 Å². The minimum atomic E-state index is -0.435. The van der Waals surface area contributed by atoms with E-state index in [4.69, 9.17) is 17.3 Å². The van der Waals surface area contributed by atoms with Gasteiger partial charge in [-0.15, -0.1) is 0 Å². The molecule has 0 aliphatic carbocycles. The zero-order chi connectivity index (χ0) is 29.3. The Labute approximate surface area is 280 Å². The van der Waals surface area contributed by atoms with Gasteiger partial charge in [0.1, 0.15) is 0 Å². The first-order valence-corrected chi connectivity index (χ1v) is 16.5. The van der Waals surface area contributed by atoms with Crippen LogP contribution >= 0.6 is 111 Å². The highest BCUT2D eigenvalue weighted by molar-refractivity contribution is 14.2. The number of nitrogens with two attached hydrogens (primary N) is 1. The third-order valence-electron chi connectivity index (χ3n) is 2.69. The molecule has 2 aromatic rings. The van der Waals surface area contributed by atoms with Crippen LogP contribution in [0.15, 0.2) is 45.9 Å². The number of nitrogen functional groups attached to an aromatic ring is 1. The summed E-state index contributed by atoms with van der Waals surface area (Å²) < 4.78 is 3.81. The van der Waals surface area contributed by atoms with Gasteiger partial charge >= 0.3 is 5.37 Å². The van der Waals surface area contributed by atoms with Gasteiger partial charge in [0.25, 0.3) is 0 Å². The second kappa shape index (κ2) is 30.0. The van der Waals surface area contributed by atoms with Gasteiger partial charge < -0.3 is 15.5 Å². The number of likely N-dealkylation sites (N-methyl/N-ethyl adjacent to an activating group) is 1. The molecule has 2 rings (SSSR count). The van der Waals surface area contributed by atoms with Crippen molar-refractivity contribution in [3.63, 3.8) is 0 Å². The second-order valence-electron chi connectivity index (χ2n) is 6.35. The molecule has 0 fully saturated rings. The lowest BCUT2D eigenvalue weighted by molar-refractivity contribution is -0.127. The number of rotatable bonds is 2. The van der Waals surface area contributed by atoms with Gasteiger partial charge in [0, 0.05) is 61.9 Å². The number of amides is 2. The first-order chi connectivity index (χ1) is 16.7. The molecule has 2 aromatic heterocycles. The number of hydrogen-bond acceptors (Lipinski definition) is 5. The molecule has 13 heteroatoms. The molecule has 2 amide bonds. The summed E-state index contributed by atoms with van der Waals surface area (Å²) in [5.41, 5.74) is 6.97. The molecular formula is C23H37Br2ClI3N5O2. The Kier molecular flexibility index (Phi) is 36.3. The first-order valence-electron chi connectivity index (χ1n) is 10.5. The number of carbonyl (C=O) groups is 2. The zero-order valence-electron chi connectivity index (χ0n) is 21.9. The predicted octanol–water partition coefficient (Wildman–Crippen LogP) is 8.48. The van der Waals surface area contributed by atoms with E-state index in [-0.39, 0.29) is 5.91 Å². The van der Waals surface area contributed by atoms with Crippen LogP contribution in [0, 0.1) is 0 Å². The quantitative estimate of drug-likeness (QED) is 0.141. The molecule has 2 N–H and O–H groups in total. The van der Waals surface area contributed by atoms with Crippen LogP contribution in [0.2, 0.25) is 0 Å². The molecule has 0 unspecified atom stereocenters. The lowest BCUT2D eigenvalue weighted by atomic mass is 10.2. The van der Waals surface area contributed by atoms with Crippen molar-refractivity contribution < 1.29 is 9.59 Å². The van der Waals surface area contributed by atoms with Crippen molar-refractivity contribution in [3.8, 4) is 0 Å². The molecule has 0 bridgehead atoms. The average molecular weight is 992 g/mol. The fourth-order valence-corrected chi connectivity index (χ4v) is 2.11. The summed E-state index contributed by atoms with van der Waals surface area (Å²) in [6, 6.07) is 3.70. The summed E-state index contributed by atoms with van der Waals surface area (Å²) >= 11 is 18.4. The highest BCUT2D eigenvalue weighted by Crippen LogP contribution is 2.10. The van der Waals surface area contributed by atoms with Gasteiger partial charge in [-0.25, -0.2) is 0 Å². The van der Waals surface area contributed by atoms with Gasteiger partial charge in [0.2, 0.25) is 5.91 Å². The molecule has 7 nitrogen and oxygen atoms in total. The third kappa shape index (κ3) is 36.6. The van der Waals surface area contributed by atoms with E-state index in [1.807, 2.05) is 19.9 Å². The van der Waals surface area contributed by atoms with Gasteiger partial charge in [-0.05, 0) is 72.5 Å². The van der Waals surface area contributed by atoms with Crippen LogP contribution in [0.1, 0.15) is 33.3 Å². The second-order valence-corrected chi connectivity index (χ2v) is 16.1. The SMILES string of the molecule is CC.CC(I)I.CCI.CN(C)C(=O)Cc1cncc(Br)c1.CN(C)C(=O)Cl.Nc1cncc(Br)c1. The van der Waals surface area contributed by atoms with Crippen LogP contribution in [0.3, 0.4) is 0 Å². The van der Waals surface area contributed by atoms with Crippen LogP contribution in [0.25, 0.3) is 0 Å². The van der Waals surface area contributed by atoms with E-state index in [2.05, 4.69) is 123 Å². The van der Waals surface area contributed by atoms with Crippen molar-refractivity contribution in [2.45, 2.75) is 36.0 Å². The van der Waals surface area contributed by atoms with Gasteiger partial charge in [-0.3, -0.25) is 19.6 Å². The van der Waals surface area contributed by atoms with Crippen molar-refractivity contribution >= 4 is 128 Å². The summed E-state index contributed by atoms with van der Waals surface area (Å²) in [5, 5.41) is -0.435. The number of aromatic nitrogens is 2. The predicted molar refractivity (Wildman–Crippen MR) is 189 cm³/mol. The fourth-order valence-electron chi connectivity index (χ4n) is 1.31. The van der Waals surface area contributed by atoms with Crippen LogP contribution < -0.4 is 5.73 Å². The average Bonchev–Trinajstić information content (AvgIpc) is 2.76. The summed E-state index contributed by atoms with van der Waals surface area (Å²) in [4.78, 5) is 31.8. The van der Waals surface area contributed by atoms with Gasteiger partial charge in [-0.1, -0.05) is 88.5 Å². The molecule has 0 atom stereocenters. The van der Waals surface area contributed by atoms with Crippen LogP contribution in [-0.4, -0.2) is 65.6 Å². The Bertz CT molecular complexity index is 801. The van der Waals surface area contributed by atoms with Gasteiger partial charge in [0.15, 0.2) is 0 Å². The number of halogens is 6. The fraction of sp³-hybridized carbons (Fsp3) is 0.478. The molecule has 0 saturated heterocycles. The van der Waals surface area contributed by atoms with E-state index >= 15 is 0 Å². The molecule has 0 aromatic carbocycles. The summed E-state index contributed by atoms with van der Waals surface area (Å²) in [6.07, 6.45) is 7.09. The number of nitrogens with zero attached hydrogens (tertiary/aromatic N) is 4. The molecule has 36 heavy (non-hydrogen) atoms. The summed E-state index contributed by atoms with van der Waals surface area (Å²) in [5.74, 6) is 0.0832. The van der Waals surface area contributed by atoms with Crippen molar-refractivity contribution in [3.05, 3.63) is 51.4 Å². The highest BCUT2D eigenvalue weighted by atomic mass is 127. The Balaban J connectivity index is -0.000000192. The van der Waals surface area contributed by atoms with Crippen molar-refractivity contribution in [2.75, 3.05) is 38.4 Å². The van der Waals surface area contributed by atoms with Crippen molar-refractivity contribution in [2.24, 2.45) is 0 Å². The van der Waals surface area contributed by atoms with E-state index in [0.29, 0.717) is 12.1 Å². The van der Waals surface area contributed by atoms with E-state index in [9.17, 15) is 9.59 Å². The molecule has 0 spiro atoms.